The smallest absolute Gasteiger partial charge is 0.0355 e. The quantitative estimate of drug-likeness (QED) is 0.541. The average molecular weight is 206 g/mol. The summed E-state index contributed by atoms with van der Waals surface area (Å²) in [5.74, 6) is 5.62. The zero-order valence-electron chi connectivity index (χ0n) is 10.3. The van der Waals surface area contributed by atoms with Gasteiger partial charge in [-0.15, -0.1) is 0 Å². The van der Waals surface area contributed by atoms with Gasteiger partial charge in [0.2, 0.25) is 0 Å². The highest BCUT2D eigenvalue weighted by atomic mass is 14.5. The predicted molar refractivity (Wildman–Crippen MR) is 64.7 cm³/mol. The lowest BCUT2D eigenvalue weighted by Crippen LogP contribution is -2.39. The van der Waals surface area contributed by atoms with E-state index in [-0.39, 0.29) is 0 Å². The van der Waals surface area contributed by atoms with Crippen molar-refractivity contribution >= 4 is 0 Å². The fraction of sp³-hybridized carbons (Fsp3) is 1.00. The van der Waals surface area contributed by atoms with E-state index in [0.29, 0.717) is 0 Å². The summed E-state index contributed by atoms with van der Waals surface area (Å²) in [6.45, 7) is 2.48. The van der Waals surface area contributed by atoms with Crippen LogP contribution in [0.5, 0.6) is 0 Å². The molecule has 3 aliphatic rings. The van der Waals surface area contributed by atoms with Crippen LogP contribution in [0, 0.1) is 29.6 Å². The minimum atomic E-state index is 1.03. The molecule has 3 aliphatic carbocycles. The fourth-order valence-electron chi connectivity index (χ4n) is 5.00. The van der Waals surface area contributed by atoms with Crippen molar-refractivity contribution in [3.63, 3.8) is 0 Å². The van der Waals surface area contributed by atoms with Crippen molar-refractivity contribution in [2.24, 2.45) is 29.6 Å². The van der Waals surface area contributed by atoms with E-state index >= 15 is 0 Å². The van der Waals surface area contributed by atoms with E-state index in [1.807, 2.05) is 0 Å². The highest BCUT2D eigenvalue weighted by molar-refractivity contribution is 4.92. The van der Waals surface area contributed by atoms with Crippen LogP contribution in [0.2, 0.25) is 0 Å². The highest BCUT2D eigenvalue weighted by Crippen LogP contribution is 2.52. The Morgan fingerprint density at radius 1 is 0.667 bits per heavy atom. The van der Waals surface area contributed by atoms with Gasteiger partial charge in [0.15, 0.2) is 0 Å². The average Bonchev–Trinajstić information content (AvgIpc) is 2.28. The van der Waals surface area contributed by atoms with Crippen LogP contribution in [0.3, 0.4) is 0 Å². The Hall–Kier alpha value is 0. The summed E-state index contributed by atoms with van der Waals surface area (Å²) in [6, 6.07) is 0. The van der Waals surface area contributed by atoms with Crippen LogP contribution in [-0.2, 0) is 0 Å². The fourth-order valence-corrected chi connectivity index (χ4v) is 5.00. The van der Waals surface area contributed by atoms with Gasteiger partial charge in [0.1, 0.15) is 0 Å². The van der Waals surface area contributed by atoms with Gasteiger partial charge in [-0.1, -0.05) is 32.6 Å². The summed E-state index contributed by atoms with van der Waals surface area (Å²) in [5.41, 5.74) is 0. The third kappa shape index (κ3) is 1.85. The first kappa shape index (κ1) is 10.2. The Balaban J connectivity index is 1.72. The molecule has 0 amide bonds. The van der Waals surface area contributed by atoms with Crippen molar-refractivity contribution < 1.29 is 0 Å². The van der Waals surface area contributed by atoms with Gasteiger partial charge in [-0.05, 0) is 61.7 Å². The molecule has 0 bridgehead atoms. The van der Waals surface area contributed by atoms with Crippen molar-refractivity contribution in [2.45, 2.75) is 64.7 Å². The van der Waals surface area contributed by atoms with Gasteiger partial charge in [-0.25, -0.2) is 0 Å². The molecule has 0 aromatic heterocycles. The molecule has 0 aromatic carbocycles. The molecule has 0 heteroatoms. The molecule has 3 saturated carbocycles. The second-order valence-corrected chi connectivity index (χ2v) is 6.63. The standard InChI is InChI=1S/C15H26/c1-11-6-9-15-13(10-11)8-7-12-4-2-3-5-14(12)15/h11-15H,2-10H2,1H3. The van der Waals surface area contributed by atoms with E-state index in [1.165, 1.54) is 12.8 Å². The van der Waals surface area contributed by atoms with Crippen molar-refractivity contribution in [1.29, 1.82) is 0 Å². The first-order valence-corrected chi connectivity index (χ1v) is 7.34. The summed E-state index contributed by atoms with van der Waals surface area (Å²) >= 11 is 0. The van der Waals surface area contributed by atoms with E-state index < -0.39 is 0 Å². The molecular weight excluding hydrogens is 180 g/mol. The van der Waals surface area contributed by atoms with Crippen molar-refractivity contribution in [1.82, 2.24) is 0 Å². The molecule has 15 heavy (non-hydrogen) atoms. The van der Waals surface area contributed by atoms with Crippen molar-refractivity contribution in [3.05, 3.63) is 0 Å². The summed E-state index contributed by atoms with van der Waals surface area (Å²) in [7, 11) is 0. The molecule has 3 rings (SSSR count). The van der Waals surface area contributed by atoms with Crippen LogP contribution >= 0.6 is 0 Å². The third-order valence-electron chi connectivity index (χ3n) is 5.73. The minimum Gasteiger partial charge on any atom is -0.0625 e. The van der Waals surface area contributed by atoms with Gasteiger partial charge in [-0.2, -0.15) is 0 Å². The lowest BCUT2D eigenvalue weighted by atomic mass is 9.57. The summed E-state index contributed by atoms with van der Waals surface area (Å²) in [6.07, 6.45) is 14.1. The molecule has 0 N–H and O–H groups in total. The normalized spacial score (nSPS) is 50.6. The van der Waals surface area contributed by atoms with E-state index in [0.717, 1.165) is 29.6 Å². The molecule has 0 heterocycles. The summed E-state index contributed by atoms with van der Waals surface area (Å²) < 4.78 is 0. The second-order valence-electron chi connectivity index (χ2n) is 6.63. The van der Waals surface area contributed by atoms with Crippen LogP contribution < -0.4 is 0 Å². The lowest BCUT2D eigenvalue weighted by Gasteiger charge is -2.49. The van der Waals surface area contributed by atoms with E-state index in [1.54, 1.807) is 44.9 Å². The van der Waals surface area contributed by atoms with Crippen LogP contribution in [-0.4, -0.2) is 0 Å². The molecule has 5 unspecified atom stereocenters. The SMILES string of the molecule is CC1CCC2C(CCC3CCCCC32)C1. The molecule has 3 fully saturated rings. The van der Waals surface area contributed by atoms with Gasteiger partial charge in [0, 0.05) is 0 Å². The summed E-state index contributed by atoms with van der Waals surface area (Å²) in [4.78, 5) is 0. The molecule has 0 saturated heterocycles. The molecule has 0 aromatic rings. The van der Waals surface area contributed by atoms with Gasteiger partial charge in [0.05, 0.1) is 0 Å². The highest BCUT2D eigenvalue weighted by Gasteiger charge is 2.41. The van der Waals surface area contributed by atoms with Crippen LogP contribution in [0.25, 0.3) is 0 Å². The van der Waals surface area contributed by atoms with E-state index in [2.05, 4.69) is 6.92 Å². The van der Waals surface area contributed by atoms with E-state index in [9.17, 15) is 0 Å². The molecule has 0 spiro atoms. The third-order valence-corrected chi connectivity index (χ3v) is 5.73. The zero-order chi connectivity index (χ0) is 10.3. The van der Waals surface area contributed by atoms with Crippen molar-refractivity contribution in [2.75, 3.05) is 0 Å². The maximum atomic E-state index is 2.48. The molecular formula is C15H26. The lowest BCUT2D eigenvalue weighted by molar-refractivity contribution is 0.0144. The Morgan fingerprint density at radius 3 is 2.33 bits per heavy atom. The predicted octanol–water partition coefficient (Wildman–Crippen LogP) is 4.64. The van der Waals surface area contributed by atoms with Gasteiger partial charge >= 0.3 is 0 Å². The number of rotatable bonds is 0. The maximum absolute atomic E-state index is 2.48. The van der Waals surface area contributed by atoms with Crippen LogP contribution in [0.4, 0.5) is 0 Å². The molecule has 5 atom stereocenters. The van der Waals surface area contributed by atoms with Gasteiger partial charge < -0.3 is 0 Å². The van der Waals surface area contributed by atoms with Crippen LogP contribution in [0.15, 0.2) is 0 Å². The second kappa shape index (κ2) is 4.11. The van der Waals surface area contributed by atoms with Crippen LogP contribution in [0.1, 0.15) is 64.7 Å². The Morgan fingerprint density at radius 2 is 1.40 bits per heavy atom. The maximum Gasteiger partial charge on any atom is -0.0355 e. The molecule has 0 aliphatic heterocycles. The molecule has 0 nitrogen and oxygen atoms in total. The first-order valence-electron chi connectivity index (χ1n) is 7.34. The Labute approximate surface area is 94.8 Å². The Bertz CT molecular complexity index is 220. The first-order chi connectivity index (χ1) is 7.34. The largest absolute Gasteiger partial charge is 0.0625 e. The minimum absolute atomic E-state index is 1.03. The number of fused-ring (bicyclic) bond motifs is 3. The van der Waals surface area contributed by atoms with Gasteiger partial charge in [0.25, 0.3) is 0 Å². The molecule has 0 radical (unpaired) electrons. The zero-order valence-corrected chi connectivity index (χ0v) is 10.3. The number of hydrogen-bond donors (Lipinski definition) is 0. The van der Waals surface area contributed by atoms with E-state index in [4.69, 9.17) is 0 Å². The Kier molecular flexibility index (Phi) is 2.79. The monoisotopic (exact) mass is 206 g/mol. The molecule has 86 valence electrons. The van der Waals surface area contributed by atoms with Gasteiger partial charge in [-0.3, -0.25) is 0 Å². The van der Waals surface area contributed by atoms with Crippen molar-refractivity contribution in [3.8, 4) is 0 Å². The number of hydrogen-bond acceptors (Lipinski definition) is 0. The topological polar surface area (TPSA) is 0 Å². The summed E-state index contributed by atoms with van der Waals surface area (Å²) in [5, 5.41) is 0.